The van der Waals surface area contributed by atoms with Crippen LogP contribution in [-0.2, 0) is 0 Å². The number of benzene rings is 2. The van der Waals surface area contributed by atoms with Crippen molar-refractivity contribution < 1.29 is 14.3 Å². The number of amides is 1. The van der Waals surface area contributed by atoms with E-state index in [1.807, 2.05) is 64.9 Å². The lowest BCUT2D eigenvalue weighted by molar-refractivity contribution is 0.0985. The largest absolute Gasteiger partial charge is 0.454 e. The Hall–Kier alpha value is -3.53. The van der Waals surface area contributed by atoms with Crippen LogP contribution in [0.3, 0.4) is 0 Å². The van der Waals surface area contributed by atoms with Crippen LogP contribution in [0.2, 0.25) is 0 Å². The van der Waals surface area contributed by atoms with E-state index in [-0.39, 0.29) is 12.7 Å². The molecule has 0 radical (unpaired) electrons. The number of para-hydroxylation sites is 1. The summed E-state index contributed by atoms with van der Waals surface area (Å²) in [5.41, 5.74) is 3.02. The van der Waals surface area contributed by atoms with Crippen LogP contribution in [0.25, 0.3) is 31.7 Å². The van der Waals surface area contributed by atoms with Crippen LogP contribution in [0, 0.1) is 0 Å². The number of carbonyl (C=O) groups excluding carboxylic acids is 1. The Morgan fingerprint density at radius 3 is 2.54 bits per heavy atom. The summed E-state index contributed by atoms with van der Waals surface area (Å²) >= 11 is 3.11. The number of fused-ring (bicyclic) bond motifs is 3. The molecule has 3 aromatic heterocycles. The number of thiazole rings is 1. The van der Waals surface area contributed by atoms with Crippen molar-refractivity contribution in [3.05, 3.63) is 65.5 Å². The van der Waals surface area contributed by atoms with E-state index in [1.54, 1.807) is 11.3 Å². The zero-order valence-corrected chi connectivity index (χ0v) is 22.3. The second-order valence-electron chi connectivity index (χ2n) is 8.70. The minimum absolute atomic E-state index is 0.0809. The van der Waals surface area contributed by atoms with Gasteiger partial charge in [-0.25, -0.2) is 9.97 Å². The monoisotopic (exact) mass is 530 g/mol. The van der Waals surface area contributed by atoms with Gasteiger partial charge in [-0.3, -0.25) is 9.69 Å². The van der Waals surface area contributed by atoms with Crippen molar-refractivity contribution in [2.45, 2.75) is 13.8 Å². The highest BCUT2D eigenvalue weighted by atomic mass is 32.1. The van der Waals surface area contributed by atoms with Crippen LogP contribution in [0.15, 0.2) is 60.0 Å². The van der Waals surface area contributed by atoms with Crippen LogP contribution >= 0.6 is 22.7 Å². The highest BCUT2D eigenvalue weighted by Crippen LogP contribution is 2.40. The molecule has 0 saturated carbocycles. The number of nitrogens with zero attached hydrogens (tertiary/aromatic N) is 4. The average Bonchev–Trinajstić information content (AvgIpc) is 3.69. The maximum atomic E-state index is 14.3. The minimum atomic E-state index is -0.0809. The standard InChI is InChI=1S/C28H26N4O3S2/c1-3-31(4-2)11-12-32(28-30-22-15-23-24(35-17-34-23)16-26(22)37-28)27(33)19-14-21(25-10-7-13-36-25)29-20-9-6-5-8-18(19)20/h5-10,13-16H,3-4,11-12,17H2,1-2H3. The number of ether oxygens (including phenoxy) is 2. The first-order valence-electron chi connectivity index (χ1n) is 12.3. The van der Waals surface area contributed by atoms with Crippen molar-refractivity contribution in [2.75, 3.05) is 37.9 Å². The lowest BCUT2D eigenvalue weighted by Crippen LogP contribution is -2.39. The van der Waals surface area contributed by atoms with E-state index in [1.165, 1.54) is 11.3 Å². The van der Waals surface area contributed by atoms with E-state index >= 15 is 0 Å². The number of anilines is 1. The average molecular weight is 531 g/mol. The van der Waals surface area contributed by atoms with Gasteiger partial charge in [-0.15, -0.1) is 11.3 Å². The molecule has 1 amide bonds. The number of hydrogen-bond donors (Lipinski definition) is 0. The highest BCUT2D eigenvalue weighted by molar-refractivity contribution is 7.22. The van der Waals surface area contributed by atoms with E-state index in [2.05, 4.69) is 18.7 Å². The summed E-state index contributed by atoms with van der Waals surface area (Å²) < 4.78 is 12.1. The Bertz CT molecular complexity index is 1540. The molecule has 6 rings (SSSR count). The Balaban J connectivity index is 1.45. The first kappa shape index (κ1) is 23.8. The Labute approximate surface area is 222 Å². The molecule has 37 heavy (non-hydrogen) atoms. The summed E-state index contributed by atoms with van der Waals surface area (Å²) in [6.07, 6.45) is 0. The van der Waals surface area contributed by atoms with Gasteiger partial charge in [-0.2, -0.15) is 0 Å². The number of aromatic nitrogens is 2. The van der Waals surface area contributed by atoms with E-state index < -0.39 is 0 Å². The summed E-state index contributed by atoms with van der Waals surface area (Å²) in [7, 11) is 0. The molecule has 0 saturated heterocycles. The summed E-state index contributed by atoms with van der Waals surface area (Å²) in [5, 5.41) is 3.52. The summed E-state index contributed by atoms with van der Waals surface area (Å²) in [6, 6.07) is 17.6. The molecule has 0 bridgehead atoms. The molecule has 2 aromatic carbocycles. The molecule has 7 nitrogen and oxygen atoms in total. The number of hydrogen-bond acceptors (Lipinski definition) is 8. The Kier molecular flexibility index (Phi) is 6.50. The first-order valence-corrected chi connectivity index (χ1v) is 14.0. The van der Waals surface area contributed by atoms with Crippen LogP contribution in [0.1, 0.15) is 24.2 Å². The number of pyridine rings is 1. The molecule has 1 aliphatic heterocycles. The second kappa shape index (κ2) is 10.1. The Morgan fingerprint density at radius 2 is 1.76 bits per heavy atom. The molecule has 0 N–H and O–H groups in total. The van der Waals surface area contributed by atoms with Crippen LogP contribution in [-0.4, -0.2) is 53.7 Å². The van der Waals surface area contributed by atoms with Crippen LogP contribution in [0.4, 0.5) is 5.13 Å². The first-order chi connectivity index (χ1) is 18.1. The van der Waals surface area contributed by atoms with Gasteiger partial charge >= 0.3 is 0 Å². The third-order valence-electron chi connectivity index (χ3n) is 6.60. The third-order valence-corrected chi connectivity index (χ3v) is 8.54. The second-order valence-corrected chi connectivity index (χ2v) is 10.7. The quantitative estimate of drug-likeness (QED) is 0.235. The molecule has 188 valence electrons. The predicted molar refractivity (Wildman–Crippen MR) is 150 cm³/mol. The van der Waals surface area contributed by atoms with Gasteiger partial charge in [0.05, 0.1) is 31.9 Å². The summed E-state index contributed by atoms with van der Waals surface area (Å²) in [4.78, 5) is 29.2. The molecule has 0 unspecified atom stereocenters. The lowest BCUT2D eigenvalue weighted by atomic mass is 10.1. The summed E-state index contributed by atoms with van der Waals surface area (Å²) in [5.74, 6) is 1.32. The van der Waals surface area contributed by atoms with E-state index in [9.17, 15) is 4.79 Å². The molecule has 0 aliphatic carbocycles. The fraction of sp³-hybridized carbons (Fsp3) is 0.250. The molecule has 4 heterocycles. The van der Waals surface area contributed by atoms with Crippen molar-refractivity contribution in [1.29, 1.82) is 0 Å². The zero-order chi connectivity index (χ0) is 25.4. The van der Waals surface area contributed by atoms with Crippen molar-refractivity contribution >= 4 is 54.8 Å². The van der Waals surface area contributed by atoms with Crippen molar-refractivity contribution in [3.63, 3.8) is 0 Å². The van der Waals surface area contributed by atoms with Gasteiger partial charge in [0.1, 0.15) is 0 Å². The van der Waals surface area contributed by atoms with Crippen molar-refractivity contribution in [2.24, 2.45) is 0 Å². The van der Waals surface area contributed by atoms with E-state index in [4.69, 9.17) is 19.4 Å². The molecule has 1 aliphatic rings. The fourth-order valence-corrected chi connectivity index (χ4v) is 6.22. The molecular formula is C28H26N4O3S2. The minimum Gasteiger partial charge on any atom is -0.454 e. The molecule has 5 aromatic rings. The number of likely N-dealkylation sites (N-methyl/N-ethyl adjacent to an activating group) is 1. The fourth-order valence-electron chi connectivity index (χ4n) is 4.53. The third kappa shape index (κ3) is 4.54. The van der Waals surface area contributed by atoms with Gasteiger partial charge in [0.2, 0.25) is 6.79 Å². The SMILES string of the molecule is CCN(CC)CCN(C(=O)c1cc(-c2cccs2)nc2ccccc12)c1nc2cc3c(cc2s1)OCO3. The van der Waals surface area contributed by atoms with Crippen LogP contribution < -0.4 is 14.4 Å². The van der Waals surface area contributed by atoms with E-state index in [0.29, 0.717) is 28.7 Å². The predicted octanol–water partition coefficient (Wildman–Crippen LogP) is 6.29. The molecular weight excluding hydrogens is 504 g/mol. The van der Waals surface area contributed by atoms with Crippen molar-refractivity contribution in [1.82, 2.24) is 14.9 Å². The van der Waals surface area contributed by atoms with Gasteiger partial charge in [-0.05, 0) is 36.7 Å². The molecule has 0 fully saturated rings. The lowest BCUT2D eigenvalue weighted by Gasteiger charge is -2.25. The van der Waals surface area contributed by atoms with Gasteiger partial charge in [-0.1, -0.05) is 49.4 Å². The highest BCUT2D eigenvalue weighted by Gasteiger charge is 2.26. The normalized spacial score (nSPS) is 12.6. The maximum Gasteiger partial charge on any atom is 0.260 e. The number of rotatable bonds is 8. The molecule has 0 spiro atoms. The zero-order valence-electron chi connectivity index (χ0n) is 20.6. The van der Waals surface area contributed by atoms with Gasteiger partial charge < -0.3 is 14.4 Å². The van der Waals surface area contributed by atoms with Crippen LogP contribution in [0.5, 0.6) is 11.5 Å². The molecule has 0 atom stereocenters. The maximum absolute atomic E-state index is 14.3. The Morgan fingerprint density at radius 1 is 0.946 bits per heavy atom. The number of thiophene rings is 1. The number of carbonyl (C=O) groups is 1. The van der Waals surface area contributed by atoms with Crippen molar-refractivity contribution in [3.8, 4) is 22.1 Å². The van der Waals surface area contributed by atoms with Gasteiger partial charge in [0, 0.05) is 30.6 Å². The van der Waals surface area contributed by atoms with Gasteiger partial charge in [0.15, 0.2) is 16.6 Å². The van der Waals surface area contributed by atoms with Gasteiger partial charge in [0.25, 0.3) is 5.91 Å². The topological polar surface area (TPSA) is 67.8 Å². The smallest absolute Gasteiger partial charge is 0.260 e. The summed E-state index contributed by atoms with van der Waals surface area (Å²) in [6.45, 7) is 7.60. The van der Waals surface area contributed by atoms with E-state index in [0.717, 1.165) is 51.3 Å². The molecule has 9 heteroatoms.